The highest BCUT2D eigenvalue weighted by Crippen LogP contribution is 2.33. The lowest BCUT2D eigenvalue weighted by atomic mass is 10.1. The molecule has 0 spiro atoms. The topological polar surface area (TPSA) is 91.2 Å². The molecule has 1 amide bonds. The zero-order chi connectivity index (χ0) is 22.5. The minimum Gasteiger partial charge on any atom is -0.497 e. The highest BCUT2D eigenvalue weighted by atomic mass is 16.5. The van der Waals surface area contributed by atoms with Crippen molar-refractivity contribution in [3.63, 3.8) is 0 Å². The van der Waals surface area contributed by atoms with Gasteiger partial charge in [0.1, 0.15) is 17.2 Å². The number of carbonyl (C=O) groups is 1. The molecule has 4 aromatic rings. The number of pyridine rings is 2. The van der Waals surface area contributed by atoms with E-state index < -0.39 is 0 Å². The second kappa shape index (κ2) is 9.30. The first-order valence-electron chi connectivity index (χ1n) is 9.99. The van der Waals surface area contributed by atoms with E-state index in [0.717, 1.165) is 22.4 Å². The van der Waals surface area contributed by atoms with Crippen LogP contribution in [0.25, 0.3) is 22.5 Å². The highest BCUT2D eigenvalue weighted by molar-refractivity contribution is 5.94. The van der Waals surface area contributed by atoms with Gasteiger partial charge >= 0.3 is 0 Å². The Labute approximate surface area is 185 Å². The summed E-state index contributed by atoms with van der Waals surface area (Å²) in [6, 6.07) is 14.8. The van der Waals surface area contributed by atoms with E-state index in [2.05, 4.69) is 20.4 Å². The van der Waals surface area contributed by atoms with Crippen LogP contribution in [0.15, 0.2) is 67.1 Å². The number of nitrogens with zero attached hydrogens (tertiary/aromatic N) is 4. The molecular formula is C24H23N5O3. The molecule has 1 aromatic carbocycles. The van der Waals surface area contributed by atoms with Crippen LogP contribution in [0, 0.1) is 0 Å². The highest BCUT2D eigenvalue weighted by Gasteiger charge is 2.18. The van der Waals surface area contributed by atoms with Crippen LogP contribution in [0.2, 0.25) is 0 Å². The number of amides is 1. The number of nitrogens with one attached hydrogen (secondary N) is 1. The van der Waals surface area contributed by atoms with Crippen molar-refractivity contribution in [2.45, 2.75) is 6.54 Å². The molecule has 0 radical (unpaired) electrons. The SMILES string of the molecule is COc1ccc(OC)c(-c2cc(C(=O)NCc3cccnc3-c3cccnc3)n(C)n2)c1. The Morgan fingerprint density at radius 2 is 1.91 bits per heavy atom. The first kappa shape index (κ1) is 21.0. The van der Waals surface area contributed by atoms with Crippen LogP contribution >= 0.6 is 0 Å². The van der Waals surface area contributed by atoms with E-state index in [4.69, 9.17) is 9.47 Å². The molecular weight excluding hydrogens is 406 g/mol. The van der Waals surface area contributed by atoms with Crippen LogP contribution < -0.4 is 14.8 Å². The van der Waals surface area contributed by atoms with Crippen molar-refractivity contribution >= 4 is 5.91 Å². The van der Waals surface area contributed by atoms with Crippen molar-refractivity contribution in [1.82, 2.24) is 25.1 Å². The third-order valence-electron chi connectivity index (χ3n) is 5.06. The van der Waals surface area contributed by atoms with E-state index in [-0.39, 0.29) is 5.91 Å². The summed E-state index contributed by atoms with van der Waals surface area (Å²) in [6.07, 6.45) is 5.19. The Morgan fingerprint density at radius 3 is 2.66 bits per heavy atom. The third-order valence-corrected chi connectivity index (χ3v) is 5.06. The quantitative estimate of drug-likeness (QED) is 0.484. The van der Waals surface area contributed by atoms with Crippen molar-refractivity contribution in [2.75, 3.05) is 14.2 Å². The van der Waals surface area contributed by atoms with Gasteiger partial charge in [0, 0.05) is 43.3 Å². The minimum absolute atomic E-state index is 0.242. The molecule has 0 atom stereocenters. The summed E-state index contributed by atoms with van der Waals surface area (Å²) in [6.45, 7) is 0.319. The summed E-state index contributed by atoms with van der Waals surface area (Å²) in [5.41, 5.74) is 4.36. The Morgan fingerprint density at radius 1 is 1.06 bits per heavy atom. The van der Waals surface area contributed by atoms with Crippen LogP contribution in [0.5, 0.6) is 11.5 Å². The van der Waals surface area contributed by atoms with Gasteiger partial charge in [-0.2, -0.15) is 5.10 Å². The average molecular weight is 429 g/mol. The second-order valence-corrected chi connectivity index (χ2v) is 7.04. The fourth-order valence-corrected chi connectivity index (χ4v) is 3.44. The van der Waals surface area contributed by atoms with Crippen molar-refractivity contribution in [3.8, 4) is 34.0 Å². The van der Waals surface area contributed by atoms with Gasteiger partial charge in [-0.1, -0.05) is 6.07 Å². The number of hydrogen-bond acceptors (Lipinski definition) is 6. The minimum atomic E-state index is -0.242. The predicted octanol–water partition coefficient (Wildman–Crippen LogP) is 3.49. The largest absolute Gasteiger partial charge is 0.497 e. The third kappa shape index (κ3) is 4.29. The Hall–Kier alpha value is -4.20. The first-order chi connectivity index (χ1) is 15.6. The van der Waals surface area contributed by atoms with Crippen molar-refractivity contribution < 1.29 is 14.3 Å². The van der Waals surface area contributed by atoms with Gasteiger partial charge in [0.25, 0.3) is 5.91 Å². The molecule has 0 unspecified atom stereocenters. The van der Waals surface area contributed by atoms with Crippen molar-refractivity contribution in [3.05, 3.63) is 78.4 Å². The normalized spacial score (nSPS) is 10.6. The standard InChI is InChI=1S/C24H23N5O3/c1-29-21(13-20(28-29)19-12-18(31-2)8-9-22(19)32-3)24(30)27-15-17-7-5-11-26-23(17)16-6-4-10-25-14-16/h4-14H,15H2,1-3H3,(H,27,30). The fraction of sp³-hybridized carbons (Fsp3) is 0.167. The van der Waals surface area contributed by atoms with E-state index in [1.54, 1.807) is 50.6 Å². The first-order valence-corrected chi connectivity index (χ1v) is 9.99. The van der Waals surface area contributed by atoms with Gasteiger partial charge in [-0.15, -0.1) is 0 Å². The average Bonchev–Trinajstić information content (AvgIpc) is 3.24. The van der Waals surface area contributed by atoms with Crippen LogP contribution in [-0.4, -0.2) is 39.9 Å². The molecule has 0 bridgehead atoms. The molecule has 162 valence electrons. The molecule has 0 aliphatic rings. The molecule has 3 aromatic heterocycles. The van der Waals surface area contributed by atoms with Crippen molar-refractivity contribution in [2.24, 2.45) is 7.05 Å². The number of ether oxygens (including phenoxy) is 2. The molecule has 0 fully saturated rings. The smallest absolute Gasteiger partial charge is 0.269 e. The van der Waals surface area contributed by atoms with Crippen LogP contribution in [-0.2, 0) is 13.6 Å². The van der Waals surface area contributed by atoms with E-state index in [0.29, 0.717) is 29.4 Å². The monoisotopic (exact) mass is 429 g/mol. The molecule has 0 aliphatic carbocycles. The number of aromatic nitrogens is 4. The fourth-order valence-electron chi connectivity index (χ4n) is 3.44. The maximum absolute atomic E-state index is 12.9. The van der Waals surface area contributed by atoms with Gasteiger partial charge in [0.2, 0.25) is 0 Å². The molecule has 1 N–H and O–H groups in total. The molecule has 0 saturated carbocycles. The number of benzene rings is 1. The Kier molecular flexibility index (Phi) is 6.12. The Balaban J connectivity index is 1.56. The summed E-state index contributed by atoms with van der Waals surface area (Å²) in [5, 5.41) is 7.47. The summed E-state index contributed by atoms with van der Waals surface area (Å²) < 4.78 is 12.3. The lowest BCUT2D eigenvalue weighted by molar-refractivity contribution is 0.0941. The van der Waals surface area contributed by atoms with Crippen molar-refractivity contribution in [1.29, 1.82) is 0 Å². The molecule has 0 saturated heterocycles. The summed E-state index contributed by atoms with van der Waals surface area (Å²) in [4.78, 5) is 21.6. The molecule has 8 nitrogen and oxygen atoms in total. The predicted molar refractivity (Wildman–Crippen MR) is 120 cm³/mol. The maximum atomic E-state index is 12.9. The molecule has 0 aliphatic heterocycles. The lowest BCUT2D eigenvalue weighted by Crippen LogP contribution is -2.25. The van der Waals surface area contributed by atoms with Crippen LogP contribution in [0.4, 0.5) is 0 Å². The Bertz CT molecular complexity index is 1240. The zero-order valence-corrected chi connectivity index (χ0v) is 18.1. The molecule has 32 heavy (non-hydrogen) atoms. The number of carbonyl (C=O) groups excluding carboxylic acids is 1. The van der Waals surface area contributed by atoms with E-state index >= 15 is 0 Å². The number of hydrogen-bond donors (Lipinski definition) is 1. The van der Waals surface area contributed by atoms with Gasteiger partial charge in [-0.25, -0.2) is 0 Å². The van der Waals surface area contributed by atoms with Gasteiger partial charge in [0.15, 0.2) is 0 Å². The molecule has 8 heteroatoms. The van der Waals surface area contributed by atoms with Gasteiger partial charge in [-0.05, 0) is 48.0 Å². The van der Waals surface area contributed by atoms with Crippen LogP contribution in [0.1, 0.15) is 16.1 Å². The van der Waals surface area contributed by atoms with Gasteiger partial charge in [0.05, 0.1) is 25.6 Å². The van der Waals surface area contributed by atoms with Gasteiger partial charge < -0.3 is 14.8 Å². The molecule has 4 rings (SSSR count). The summed E-state index contributed by atoms with van der Waals surface area (Å²) in [7, 11) is 4.92. The number of aryl methyl sites for hydroxylation is 1. The molecule has 3 heterocycles. The van der Waals surface area contributed by atoms with Gasteiger partial charge in [-0.3, -0.25) is 19.4 Å². The maximum Gasteiger partial charge on any atom is 0.269 e. The van der Waals surface area contributed by atoms with E-state index in [9.17, 15) is 4.79 Å². The van der Waals surface area contributed by atoms with E-state index in [1.165, 1.54) is 0 Å². The van der Waals surface area contributed by atoms with Crippen LogP contribution in [0.3, 0.4) is 0 Å². The number of methoxy groups -OCH3 is 2. The summed E-state index contributed by atoms with van der Waals surface area (Å²) in [5.74, 6) is 1.08. The lowest BCUT2D eigenvalue weighted by Gasteiger charge is -2.10. The second-order valence-electron chi connectivity index (χ2n) is 7.04. The summed E-state index contributed by atoms with van der Waals surface area (Å²) >= 11 is 0. The zero-order valence-electron chi connectivity index (χ0n) is 18.1. The number of rotatable bonds is 7. The van der Waals surface area contributed by atoms with E-state index in [1.807, 2.05) is 42.5 Å².